The second-order valence-corrected chi connectivity index (χ2v) is 11.6. The molecule has 1 aromatic heterocycles. The Labute approximate surface area is 193 Å². The van der Waals surface area contributed by atoms with Gasteiger partial charge in [-0.05, 0) is 70.7 Å². The first-order valence-corrected chi connectivity index (χ1v) is 12.0. The Bertz CT molecular complexity index is 1180. The van der Waals surface area contributed by atoms with Gasteiger partial charge in [-0.25, -0.2) is 0 Å². The summed E-state index contributed by atoms with van der Waals surface area (Å²) >= 11 is 0. The maximum absolute atomic E-state index is 2.52. The van der Waals surface area contributed by atoms with Crippen LogP contribution in [0.4, 0.5) is 11.4 Å². The average Bonchev–Trinajstić information content (AvgIpc) is 3.33. The van der Waals surface area contributed by atoms with E-state index in [1.54, 1.807) is 0 Å². The highest BCUT2D eigenvalue weighted by molar-refractivity contribution is 5.73. The first-order valence-electron chi connectivity index (χ1n) is 12.0. The molecule has 2 aliphatic rings. The SMILES string of the molecule is CC(C)(C)c1cn(-c2cccc(N3C[C@@H](C(C)(C)C)c4ccccc43)c2)c2c1CCC=C2. The highest BCUT2D eigenvalue weighted by Crippen LogP contribution is 2.48. The van der Waals surface area contributed by atoms with Crippen molar-refractivity contribution in [1.29, 1.82) is 0 Å². The van der Waals surface area contributed by atoms with Crippen LogP contribution in [0.3, 0.4) is 0 Å². The molecule has 0 N–H and O–H groups in total. The summed E-state index contributed by atoms with van der Waals surface area (Å²) in [6, 6.07) is 18.1. The van der Waals surface area contributed by atoms with Gasteiger partial charge < -0.3 is 9.47 Å². The number of aromatic nitrogens is 1. The minimum Gasteiger partial charge on any atom is -0.341 e. The minimum atomic E-state index is 0.145. The largest absolute Gasteiger partial charge is 0.341 e. The molecule has 2 aromatic carbocycles. The summed E-state index contributed by atoms with van der Waals surface area (Å²) < 4.78 is 2.41. The predicted octanol–water partition coefficient (Wildman–Crippen LogP) is 8.02. The molecule has 1 aliphatic heterocycles. The minimum absolute atomic E-state index is 0.145. The molecular formula is C30H36N2. The number of nitrogens with zero attached hydrogens (tertiary/aromatic N) is 2. The summed E-state index contributed by atoms with van der Waals surface area (Å²) in [5, 5.41) is 0. The van der Waals surface area contributed by atoms with Crippen LogP contribution in [0.15, 0.2) is 60.8 Å². The van der Waals surface area contributed by atoms with Gasteiger partial charge in [-0.3, -0.25) is 0 Å². The van der Waals surface area contributed by atoms with E-state index in [0.29, 0.717) is 5.92 Å². The van der Waals surface area contributed by atoms with E-state index in [0.717, 1.165) is 19.4 Å². The normalized spacial score (nSPS) is 18.1. The molecule has 166 valence electrons. The molecule has 2 heteroatoms. The first-order chi connectivity index (χ1) is 15.1. The summed E-state index contributed by atoms with van der Waals surface area (Å²) in [6.07, 6.45) is 9.30. The van der Waals surface area contributed by atoms with Crippen LogP contribution in [-0.4, -0.2) is 11.1 Å². The molecular weight excluding hydrogens is 388 g/mol. The maximum atomic E-state index is 2.52. The molecule has 1 atom stereocenters. The summed E-state index contributed by atoms with van der Waals surface area (Å²) in [5.41, 5.74) is 10.1. The van der Waals surface area contributed by atoms with Crippen molar-refractivity contribution in [3.63, 3.8) is 0 Å². The number of hydrogen-bond donors (Lipinski definition) is 0. The lowest BCUT2D eigenvalue weighted by Gasteiger charge is -2.28. The van der Waals surface area contributed by atoms with E-state index in [1.165, 1.54) is 39.4 Å². The van der Waals surface area contributed by atoms with Gasteiger partial charge in [0.05, 0.1) is 0 Å². The fourth-order valence-electron chi connectivity index (χ4n) is 5.49. The lowest BCUT2D eigenvalue weighted by atomic mass is 9.78. The summed E-state index contributed by atoms with van der Waals surface area (Å²) in [4.78, 5) is 2.52. The highest BCUT2D eigenvalue weighted by atomic mass is 15.2. The number of benzene rings is 2. The molecule has 1 aliphatic carbocycles. The van der Waals surface area contributed by atoms with Crippen molar-refractivity contribution in [2.75, 3.05) is 11.4 Å². The summed E-state index contributed by atoms with van der Waals surface area (Å²) in [7, 11) is 0. The predicted molar refractivity (Wildman–Crippen MR) is 137 cm³/mol. The van der Waals surface area contributed by atoms with Gasteiger partial charge in [0.2, 0.25) is 0 Å². The fourth-order valence-corrected chi connectivity index (χ4v) is 5.49. The molecule has 0 amide bonds. The zero-order chi connectivity index (χ0) is 22.7. The molecule has 32 heavy (non-hydrogen) atoms. The van der Waals surface area contributed by atoms with Gasteiger partial charge in [-0.2, -0.15) is 0 Å². The van der Waals surface area contributed by atoms with E-state index in [1.807, 2.05) is 0 Å². The smallest absolute Gasteiger partial charge is 0.0488 e. The Morgan fingerprint density at radius 1 is 0.875 bits per heavy atom. The van der Waals surface area contributed by atoms with Gasteiger partial charge >= 0.3 is 0 Å². The van der Waals surface area contributed by atoms with Crippen LogP contribution in [0.25, 0.3) is 11.8 Å². The molecule has 0 unspecified atom stereocenters. The molecule has 0 radical (unpaired) electrons. The molecule has 3 aromatic rings. The van der Waals surface area contributed by atoms with Crippen LogP contribution in [0.5, 0.6) is 0 Å². The third kappa shape index (κ3) is 3.50. The van der Waals surface area contributed by atoms with Crippen molar-refractivity contribution in [1.82, 2.24) is 4.57 Å². The van der Waals surface area contributed by atoms with Crippen LogP contribution in [0.2, 0.25) is 0 Å². The van der Waals surface area contributed by atoms with Crippen molar-refractivity contribution < 1.29 is 0 Å². The van der Waals surface area contributed by atoms with Crippen LogP contribution in [-0.2, 0) is 11.8 Å². The van der Waals surface area contributed by atoms with E-state index in [2.05, 4.69) is 118 Å². The molecule has 2 heterocycles. The van der Waals surface area contributed by atoms with Crippen molar-refractivity contribution in [2.45, 2.75) is 65.7 Å². The lowest BCUT2D eigenvalue weighted by molar-refractivity contribution is 0.335. The van der Waals surface area contributed by atoms with E-state index in [-0.39, 0.29) is 10.8 Å². The standard InChI is InChI=1S/C30H36N2/c1-29(2,3)25-19-31(27-16-9-7-14-23(25)27)21-12-11-13-22(18-21)32-20-26(30(4,5)6)24-15-8-10-17-28(24)32/h7,9-14,16-18,20,25H,8,15,19H2,1-6H3/t25-/m1/s1. The lowest BCUT2D eigenvalue weighted by Crippen LogP contribution is -2.24. The second-order valence-electron chi connectivity index (χ2n) is 11.6. The van der Waals surface area contributed by atoms with Gasteiger partial charge in [0, 0.05) is 41.4 Å². The topological polar surface area (TPSA) is 8.17 Å². The Kier molecular flexibility index (Phi) is 4.89. The Morgan fingerprint density at radius 2 is 1.62 bits per heavy atom. The van der Waals surface area contributed by atoms with Crippen molar-refractivity contribution in [3.8, 4) is 5.69 Å². The van der Waals surface area contributed by atoms with Gasteiger partial charge in [0.15, 0.2) is 0 Å². The van der Waals surface area contributed by atoms with Gasteiger partial charge in [0.1, 0.15) is 0 Å². The van der Waals surface area contributed by atoms with E-state index in [9.17, 15) is 0 Å². The van der Waals surface area contributed by atoms with Crippen LogP contribution in [0.1, 0.15) is 76.3 Å². The Balaban J connectivity index is 1.60. The summed E-state index contributed by atoms with van der Waals surface area (Å²) in [6.45, 7) is 15.1. The van der Waals surface area contributed by atoms with Gasteiger partial charge in [-0.1, -0.05) is 71.9 Å². The third-order valence-electron chi connectivity index (χ3n) is 7.23. The Hall–Kier alpha value is -2.74. The van der Waals surface area contributed by atoms with E-state index in [4.69, 9.17) is 0 Å². The number of allylic oxidation sites excluding steroid dienone is 1. The number of hydrogen-bond acceptors (Lipinski definition) is 1. The molecule has 0 saturated heterocycles. The maximum Gasteiger partial charge on any atom is 0.0488 e. The number of para-hydroxylation sites is 1. The monoisotopic (exact) mass is 424 g/mol. The number of fused-ring (bicyclic) bond motifs is 2. The van der Waals surface area contributed by atoms with Crippen LogP contribution in [0, 0.1) is 5.41 Å². The van der Waals surface area contributed by atoms with Crippen molar-refractivity contribution >= 4 is 17.5 Å². The number of rotatable bonds is 2. The third-order valence-corrected chi connectivity index (χ3v) is 7.23. The molecule has 0 fully saturated rings. The second kappa shape index (κ2) is 7.40. The molecule has 2 nitrogen and oxygen atoms in total. The zero-order valence-corrected chi connectivity index (χ0v) is 20.4. The van der Waals surface area contributed by atoms with Crippen molar-refractivity contribution in [3.05, 3.63) is 83.2 Å². The zero-order valence-electron chi connectivity index (χ0n) is 20.4. The Morgan fingerprint density at radius 3 is 2.38 bits per heavy atom. The van der Waals surface area contributed by atoms with Crippen LogP contribution >= 0.6 is 0 Å². The van der Waals surface area contributed by atoms with E-state index >= 15 is 0 Å². The molecule has 0 bridgehead atoms. The summed E-state index contributed by atoms with van der Waals surface area (Å²) in [5.74, 6) is 0.525. The molecule has 5 rings (SSSR count). The number of anilines is 2. The molecule has 0 spiro atoms. The van der Waals surface area contributed by atoms with Gasteiger partial charge in [0.25, 0.3) is 0 Å². The van der Waals surface area contributed by atoms with Crippen molar-refractivity contribution in [2.24, 2.45) is 5.41 Å². The highest BCUT2D eigenvalue weighted by Gasteiger charge is 2.36. The average molecular weight is 425 g/mol. The van der Waals surface area contributed by atoms with E-state index < -0.39 is 0 Å². The first kappa shape index (κ1) is 21.1. The molecule has 0 saturated carbocycles. The quantitative estimate of drug-likeness (QED) is 0.404. The van der Waals surface area contributed by atoms with Gasteiger partial charge in [-0.15, -0.1) is 0 Å². The fraction of sp³-hybridized carbons (Fsp3) is 0.400. The van der Waals surface area contributed by atoms with Crippen LogP contribution < -0.4 is 4.90 Å².